The highest BCUT2D eigenvalue weighted by Crippen LogP contribution is 2.12. The summed E-state index contributed by atoms with van der Waals surface area (Å²) in [6.07, 6.45) is 0.985. The van der Waals surface area contributed by atoms with E-state index in [0.29, 0.717) is 29.6 Å². The highest BCUT2D eigenvalue weighted by atomic mass is 35.5. The lowest BCUT2D eigenvalue weighted by Crippen LogP contribution is -2.25. The summed E-state index contributed by atoms with van der Waals surface area (Å²) in [5.74, 6) is 0.840. The molecule has 0 aliphatic heterocycles. The van der Waals surface area contributed by atoms with Crippen LogP contribution in [0.2, 0.25) is 5.02 Å². The Morgan fingerprint density at radius 2 is 2.08 bits per heavy atom. The first-order valence-corrected chi connectivity index (χ1v) is 7.83. The van der Waals surface area contributed by atoms with E-state index in [2.05, 4.69) is 20.3 Å². The molecule has 1 N–H and O–H groups in total. The van der Waals surface area contributed by atoms with Crippen molar-refractivity contribution in [3.63, 3.8) is 0 Å². The van der Waals surface area contributed by atoms with E-state index in [9.17, 15) is 4.79 Å². The second-order valence-electron chi connectivity index (χ2n) is 5.34. The Hall–Kier alpha value is -2.41. The van der Waals surface area contributed by atoms with Crippen molar-refractivity contribution in [1.82, 2.24) is 20.3 Å². The van der Waals surface area contributed by atoms with Crippen LogP contribution in [0.25, 0.3) is 0 Å². The number of carbonyl (C=O) groups excluding carboxylic acids is 1. The summed E-state index contributed by atoms with van der Waals surface area (Å²) in [5.41, 5.74) is 1.02. The van der Waals surface area contributed by atoms with E-state index in [4.69, 9.17) is 16.3 Å². The summed E-state index contributed by atoms with van der Waals surface area (Å²) in [4.78, 5) is 26.3. The van der Waals surface area contributed by atoms with Crippen LogP contribution in [0.4, 0.5) is 5.95 Å². The average molecular weight is 350 g/mol. The van der Waals surface area contributed by atoms with Gasteiger partial charge in [-0.1, -0.05) is 23.7 Å². The number of aryl methyl sites for hydroxylation is 1. The Labute approximate surface area is 146 Å². The zero-order chi connectivity index (χ0) is 17.5. The molecule has 1 heterocycles. The first-order chi connectivity index (χ1) is 11.5. The number of nitrogens with zero attached hydrogens (tertiary/aromatic N) is 4. The van der Waals surface area contributed by atoms with Crippen molar-refractivity contribution in [3.8, 4) is 6.01 Å². The molecule has 128 valence electrons. The zero-order valence-electron chi connectivity index (χ0n) is 13.9. The van der Waals surface area contributed by atoms with E-state index in [1.165, 1.54) is 7.11 Å². The maximum atomic E-state index is 12.0. The first-order valence-electron chi connectivity index (χ1n) is 7.45. The van der Waals surface area contributed by atoms with Gasteiger partial charge in [0.25, 0.3) is 0 Å². The molecule has 0 saturated heterocycles. The number of ether oxygens (including phenoxy) is 1. The topological polar surface area (TPSA) is 80.2 Å². The number of hydrogen-bond acceptors (Lipinski definition) is 6. The Bertz CT molecular complexity index is 709. The molecule has 0 atom stereocenters. The predicted molar refractivity (Wildman–Crippen MR) is 92.3 cm³/mol. The summed E-state index contributed by atoms with van der Waals surface area (Å²) >= 11 is 5.93. The van der Waals surface area contributed by atoms with Crippen LogP contribution in [-0.2, 0) is 17.8 Å². The van der Waals surface area contributed by atoms with Crippen molar-refractivity contribution in [3.05, 3.63) is 40.7 Å². The maximum Gasteiger partial charge on any atom is 0.321 e. The number of aromatic nitrogens is 3. The van der Waals surface area contributed by atoms with Crippen LogP contribution in [-0.4, -0.2) is 42.1 Å². The molecule has 2 aromatic rings. The third-order valence-electron chi connectivity index (χ3n) is 3.21. The van der Waals surface area contributed by atoms with Crippen molar-refractivity contribution in [2.75, 3.05) is 26.1 Å². The fourth-order valence-electron chi connectivity index (χ4n) is 1.97. The van der Waals surface area contributed by atoms with Gasteiger partial charge in [0.2, 0.25) is 11.9 Å². The van der Waals surface area contributed by atoms with Gasteiger partial charge in [0.15, 0.2) is 5.82 Å². The van der Waals surface area contributed by atoms with Gasteiger partial charge >= 0.3 is 6.01 Å². The molecular weight excluding hydrogens is 330 g/mol. The number of rotatable bonds is 7. The van der Waals surface area contributed by atoms with Crippen molar-refractivity contribution < 1.29 is 9.53 Å². The molecule has 0 bridgehead atoms. The molecule has 0 fully saturated rings. The molecule has 0 unspecified atom stereocenters. The van der Waals surface area contributed by atoms with Gasteiger partial charge in [-0.15, -0.1) is 0 Å². The molecular formula is C16H20ClN5O2. The molecule has 0 spiro atoms. The Morgan fingerprint density at radius 1 is 1.29 bits per heavy atom. The van der Waals surface area contributed by atoms with Gasteiger partial charge < -0.3 is 15.0 Å². The van der Waals surface area contributed by atoms with Crippen LogP contribution in [0.3, 0.4) is 0 Å². The number of methoxy groups -OCH3 is 1. The van der Waals surface area contributed by atoms with Crippen LogP contribution >= 0.6 is 11.6 Å². The number of nitrogens with one attached hydrogen (secondary N) is 1. The predicted octanol–water partition coefficient (Wildman–Crippen LogP) is 1.85. The molecule has 1 aromatic carbocycles. The second kappa shape index (κ2) is 8.44. The molecule has 2 rings (SSSR count). The molecule has 7 nitrogen and oxygen atoms in total. The summed E-state index contributed by atoms with van der Waals surface area (Å²) in [6, 6.07) is 7.70. The van der Waals surface area contributed by atoms with Crippen LogP contribution in [0.15, 0.2) is 24.3 Å². The van der Waals surface area contributed by atoms with Gasteiger partial charge in [0, 0.05) is 25.5 Å². The molecule has 24 heavy (non-hydrogen) atoms. The molecule has 0 aliphatic rings. The largest absolute Gasteiger partial charge is 0.467 e. The third kappa shape index (κ3) is 5.34. The van der Waals surface area contributed by atoms with Gasteiger partial charge in [-0.2, -0.15) is 15.0 Å². The molecule has 0 saturated carbocycles. The molecule has 1 amide bonds. The first kappa shape index (κ1) is 17.9. The van der Waals surface area contributed by atoms with Crippen LogP contribution in [0, 0.1) is 0 Å². The molecule has 0 radical (unpaired) electrons. The van der Waals surface area contributed by atoms with Gasteiger partial charge in [0.05, 0.1) is 13.7 Å². The smallest absolute Gasteiger partial charge is 0.321 e. The van der Waals surface area contributed by atoms with Gasteiger partial charge in [-0.25, -0.2) is 0 Å². The number of anilines is 1. The van der Waals surface area contributed by atoms with Crippen molar-refractivity contribution in [2.24, 2.45) is 0 Å². The normalized spacial score (nSPS) is 10.3. The minimum atomic E-state index is -0.0826. The Morgan fingerprint density at radius 3 is 2.75 bits per heavy atom. The van der Waals surface area contributed by atoms with Crippen molar-refractivity contribution >= 4 is 23.5 Å². The highest BCUT2D eigenvalue weighted by molar-refractivity contribution is 6.30. The lowest BCUT2D eigenvalue weighted by molar-refractivity contribution is -0.121. The standard InChI is InChI=1S/C16H20ClN5O2/c1-22(2)15-19-13(20-16(21-15)24-3)10-18-14(23)8-7-11-5-4-6-12(17)9-11/h4-6,9H,7-8,10H2,1-3H3,(H,18,23). The number of benzene rings is 1. The Kier molecular flexibility index (Phi) is 6.31. The zero-order valence-corrected chi connectivity index (χ0v) is 14.7. The van der Waals surface area contributed by atoms with E-state index in [-0.39, 0.29) is 18.5 Å². The SMILES string of the molecule is COc1nc(CNC(=O)CCc2cccc(Cl)c2)nc(N(C)C)n1. The van der Waals surface area contributed by atoms with E-state index in [1.54, 1.807) is 4.90 Å². The second-order valence-corrected chi connectivity index (χ2v) is 5.78. The highest BCUT2D eigenvalue weighted by Gasteiger charge is 2.10. The quantitative estimate of drug-likeness (QED) is 0.821. The summed E-state index contributed by atoms with van der Waals surface area (Å²) < 4.78 is 5.05. The summed E-state index contributed by atoms with van der Waals surface area (Å²) in [7, 11) is 5.13. The van der Waals surface area contributed by atoms with Crippen molar-refractivity contribution in [1.29, 1.82) is 0 Å². The summed E-state index contributed by atoms with van der Waals surface area (Å²) in [6.45, 7) is 0.216. The van der Waals surface area contributed by atoms with E-state index < -0.39 is 0 Å². The minimum absolute atomic E-state index is 0.0826. The fourth-order valence-corrected chi connectivity index (χ4v) is 2.19. The van der Waals surface area contributed by atoms with Gasteiger partial charge in [0.1, 0.15) is 0 Å². The van der Waals surface area contributed by atoms with E-state index in [1.807, 2.05) is 38.4 Å². The Balaban J connectivity index is 1.90. The number of halogens is 1. The molecule has 1 aromatic heterocycles. The van der Waals surface area contributed by atoms with Gasteiger partial charge in [-0.05, 0) is 24.1 Å². The van der Waals surface area contributed by atoms with Crippen LogP contribution in [0.5, 0.6) is 6.01 Å². The summed E-state index contributed by atoms with van der Waals surface area (Å²) in [5, 5.41) is 3.47. The third-order valence-corrected chi connectivity index (χ3v) is 3.44. The number of carbonyl (C=O) groups is 1. The van der Waals surface area contributed by atoms with Gasteiger partial charge in [-0.3, -0.25) is 4.79 Å². The molecule has 0 aliphatic carbocycles. The van der Waals surface area contributed by atoms with E-state index >= 15 is 0 Å². The number of hydrogen-bond donors (Lipinski definition) is 1. The lowest BCUT2D eigenvalue weighted by Gasteiger charge is -2.12. The van der Waals surface area contributed by atoms with Crippen molar-refractivity contribution in [2.45, 2.75) is 19.4 Å². The van der Waals surface area contributed by atoms with E-state index in [0.717, 1.165) is 5.56 Å². The monoisotopic (exact) mass is 349 g/mol. The van der Waals surface area contributed by atoms with Crippen LogP contribution < -0.4 is 15.0 Å². The average Bonchev–Trinajstić information content (AvgIpc) is 2.57. The fraction of sp³-hybridized carbons (Fsp3) is 0.375. The van der Waals surface area contributed by atoms with Crippen LogP contribution in [0.1, 0.15) is 17.8 Å². The number of amides is 1. The lowest BCUT2D eigenvalue weighted by atomic mass is 10.1. The minimum Gasteiger partial charge on any atom is -0.467 e. The maximum absolute atomic E-state index is 12.0. The molecule has 8 heteroatoms.